The van der Waals surface area contributed by atoms with Gasteiger partial charge in [-0.05, 0) is 30.7 Å². The molecule has 0 fully saturated rings. The maximum atomic E-state index is 12.8. The maximum absolute atomic E-state index is 12.8. The smallest absolute Gasteiger partial charge is 0.145 e. The average Bonchev–Trinajstić information content (AvgIpc) is 2.33. The Morgan fingerprint density at radius 2 is 2.00 bits per heavy atom. The van der Waals surface area contributed by atoms with Gasteiger partial charge in [0.25, 0.3) is 0 Å². The van der Waals surface area contributed by atoms with Crippen molar-refractivity contribution in [2.75, 3.05) is 11.1 Å². The number of nitrogens with two attached hydrogens (primary N) is 1. The van der Waals surface area contributed by atoms with E-state index < -0.39 is 0 Å². The zero-order valence-electron chi connectivity index (χ0n) is 9.82. The summed E-state index contributed by atoms with van der Waals surface area (Å²) < 4.78 is 12.8. The summed E-state index contributed by atoms with van der Waals surface area (Å²) in [6.07, 6.45) is 1.53. The number of nitrogens with zero attached hydrogens (tertiary/aromatic N) is 1. The van der Waals surface area contributed by atoms with Crippen molar-refractivity contribution in [3.8, 4) is 0 Å². The molecular formula is C13H13ClFN3. The summed E-state index contributed by atoms with van der Waals surface area (Å²) in [5, 5.41) is 3.61. The quantitative estimate of drug-likeness (QED) is 0.891. The van der Waals surface area contributed by atoms with Gasteiger partial charge in [0.15, 0.2) is 0 Å². The second-order valence-electron chi connectivity index (χ2n) is 4.02. The Morgan fingerprint density at radius 1 is 1.33 bits per heavy atom. The van der Waals surface area contributed by atoms with E-state index in [0.29, 0.717) is 16.5 Å². The van der Waals surface area contributed by atoms with Crippen LogP contribution in [-0.4, -0.2) is 4.98 Å². The highest BCUT2D eigenvalue weighted by atomic mass is 35.5. The van der Waals surface area contributed by atoms with Gasteiger partial charge in [-0.15, -0.1) is 0 Å². The summed E-state index contributed by atoms with van der Waals surface area (Å²) in [7, 11) is 0. The van der Waals surface area contributed by atoms with Crippen molar-refractivity contribution in [3.63, 3.8) is 0 Å². The fourth-order valence-corrected chi connectivity index (χ4v) is 1.83. The van der Waals surface area contributed by atoms with E-state index >= 15 is 0 Å². The second kappa shape index (κ2) is 5.23. The lowest BCUT2D eigenvalue weighted by Crippen LogP contribution is -2.08. The average molecular weight is 266 g/mol. The van der Waals surface area contributed by atoms with E-state index in [0.717, 1.165) is 5.56 Å². The molecule has 0 aliphatic rings. The van der Waals surface area contributed by atoms with Crippen LogP contribution in [0.25, 0.3) is 0 Å². The molecular weight excluding hydrogens is 253 g/mol. The summed E-state index contributed by atoms with van der Waals surface area (Å²) >= 11 is 6.02. The predicted octanol–water partition coefficient (Wildman–Crippen LogP) is 3.63. The molecule has 1 heterocycles. The van der Waals surface area contributed by atoms with E-state index in [4.69, 9.17) is 17.3 Å². The van der Waals surface area contributed by atoms with Crippen molar-refractivity contribution >= 4 is 23.1 Å². The first-order valence-corrected chi connectivity index (χ1v) is 5.87. The molecule has 1 atom stereocenters. The van der Waals surface area contributed by atoms with Crippen LogP contribution in [0.1, 0.15) is 18.5 Å². The molecule has 2 aromatic rings. The molecule has 0 aliphatic carbocycles. The molecule has 5 heteroatoms. The Morgan fingerprint density at radius 3 is 2.61 bits per heavy atom. The fourth-order valence-electron chi connectivity index (χ4n) is 1.60. The number of halogens is 2. The third-order valence-electron chi connectivity index (χ3n) is 2.59. The molecule has 0 saturated carbocycles. The van der Waals surface area contributed by atoms with Gasteiger partial charge in [0, 0.05) is 6.04 Å². The minimum absolute atomic E-state index is 0.0285. The Kier molecular flexibility index (Phi) is 3.67. The summed E-state index contributed by atoms with van der Waals surface area (Å²) in [5.41, 5.74) is 7.03. The monoisotopic (exact) mass is 265 g/mol. The summed E-state index contributed by atoms with van der Waals surface area (Å²) in [5.74, 6) is 0.303. The summed E-state index contributed by atoms with van der Waals surface area (Å²) in [6.45, 7) is 1.95. The molecule has 0 radical (unpaired) electrons. The van der Waals surface area contributed by atoms with E-state index in [-0.39, 0.29) is 11.9 Å². The molecule has 0 bridgehead atoms. The molecule has 0 aliphatic heterocycles. The number of nitrogen functional groups attached to an aromatic ring is 1. The first-order chi connectivity index (χ1) is 8.56. The molecule has 94 valence electrons. The molecule has 0 amide bonds. The van der Waals surface area contributed by atoms with Crippen molar-refractivity contribution in [2.45, 2.75) is 13.0 Å². The second-order valence-corrected chi connectivity index (χ2v) is 4.42. The number of rotatable bonds is 3. The van der Waals surface area contributed by atoms with Gasteiger partial charge >= 0.3 is 0 Å². The lowest BCUT2D eigenvalue weighted by Gasteiger charge is -2.16. The van der Waals surface area contributed by atoms with Crippen molar-refractivity contribution in [1.82, 2.24) is 4.98 Å². The molecule has 3 nitrogen and oxygen atoms in total. The van der Waals surface area contributed by atoms with Crippen LogP contribution >= 0.6 is 11.6 Å². The van der Waals surface area contributed by atoms with E-state index in [9.17, 15) is 4.39 Å². The van der Waals surface area contributed by atoms with Gasteiger partial charge in [-0.25, -0.2) is 9.37 Å². The van der Waals surface area contributed by atoms with E-state index in [1.165, 1.54) is 18.3 Å². The molecule has 0 spiro atoms. The van der Waals surface area contributed by atoms with Gasteiger partial charge in [-0.3, -0.25) is 0 Å². The Bertz CT molecular complexity index is 542. The molecule has 1 unspecified atom stereocenters. The highest BCUT2D eigenvalue weighted by Crippen LogP contribution is 2.25. The van der Waals surface area contributed by atoms with Crippen LogP contribution in [0.4, 0.5) is 15.9 Å². The summed E-state index contributed by atoms with van der Waals surface area (Å²) in [4.78, 5) is 4.12. The van der Waals surface area contributed by atoms with Gasteiger partial charge in [0.05, 0.1) is 16.9 Å². The Balaban J connectivity index is 2.15. The van der Waals surface area contributed by atoms with Gasteiger partial charge in [-0.2, -0.15) is 0 Å². The maximum Gasteiger partial charge on any atom is 0.145 e. The number of benzene rings is 1. The molecule has 2 rings (SSSR count). The molecule has 1 aromatic heterocycles. The third kappa shape index (κ3) is 2.90. The topological polar surface area (TPSA) is 50.9 Å². The number of aromatic nitrogens is 1. The van der Waals surface area contributed by atoms with Gasteiger partial charge < -0.3 is 11.1 Å². The Hall–Kier alpha value is -1.81. The molecule has 0 saturated heterocycles. The summed E-state index contributed by atoms with van der Waals surface area (Å²) in [6, 6.07) is 7.89. The minimum Gasteiger partial charge on any atom is -0.397 e. The zero-order chi connectivity index (χ0) is 13.1. The van der Waals surface area contributed by atoms with E-state index in [1.54, 1.807) is 18.2 Å². The minimum atomic E-state index is -0.255. The van der Waals surface area contributed by atoms with Crippen molar-refractivity contribution in [2.24, 2.45) is 0 Å². The Labute approximate surface area is 110 Å². The lowest BCUT2D eigenvalue weighted by atomic mass is 10.1. The van der Waals surface area contributed by atoms with Gasteiger partial charge in [0.2, 0.25) is 0 Å². The number of hydrogen-bond donors (Lipinski definition) is 2. The first kappa shape index (κ1) is 12.6. The predicted molar refractivity (Wildman–Crippen MR) is 72.1 cm³/mol. The van der Waals surface area contributed by atoms with Crippen LogP contribution in [0.2, 0.25) is 5.02 Å². The van der Waals surface area contributed by atoms with Gasteiger partial charge in [-0.1, -0.05) is 23.7 Å². The van der Waals surface area contributed by atoms with Crippen molar-refractivity contribution in [1.29, 1.82) is 0 Å². The SMILES string of the molecule is CC(Nc1ncc(N)cc1Cl)c1ccc(F)cc1. The van der Waals surface area contributed by atoms with Crippen molar-refractivity contribution < 1.29 is 4.39 Å². The third-order valence-corrected chi connectivity index (χ3v) is 2.87. The number of hydrogen-bond acceptors (Lipinski definition) is 3. The molecule has 3 N–H and O–H groups in total. The zero-order valence-corrected chi connectivity index (χ0v) is 10.6. The largest absolute Gasteiger partial charge is 0.397 e. The standard InChI is InChI=1S/C13H13ClFN3/c1-8(9-2-4-10(15)5-3-9)18-13-12(14)6-11(16)7-17-13/h2-8H,16H2,1H3,(H,17,18). The van der Waals surface area contributed by atoms with E-state index in [1.807, 2.05) is 6.92 Å². The van der Waals surface area contributed by atoms with E-state index in [2.05, 4.69) is 10.3 Å². The van der Waals surface area contributed by atoms with Crippen LogP contribution in [-0.2, 0) is 0 Å². The van der Waals surface area contributed by atoms with Crippen LogP contribution in [0, 0.1) is 5.82 Å². The van der Waals surface area contributed by atoms with Crippen LogP contribution in [0.15, 0.2) is 36.5 Å². The number of anilines is 2. The van der Waals surface area contributed by atoms with Crippen LogP contribution < -0.4 is 11.1 Å². The highest BCUT2D eigenvalue weighted by Gasteiger charge is 2.09. The van der Waals surface area contributed by atoms with Crippen LogP contribution in [0.5, 0.6) is 0 Å². The normalized spacial score (nSPS) is 12.2. The highest BCUT2D eigenvalue weighted by molar-refractivity contribution is 6.33. The lowest BCUT2D eigenvalue weighted by molar-refractivity contribution is 0.626. The number of pyridine rings is 1. The fraction of sp³-hybridized carbons (Fsp3) is 0.154. The molecule has 18 heavy (non-hydrogen) atoms. The van der Waals surface area contributed by atoms with Crippen LogP contribution in [0.3, 0.4) is 0 Å². The number of nitrogens with one attached hydrogen (secondary N) is 1. The molecule has 1 aromatic carbocycles. The van der Waals surface area contributed by atoms with Crippen molar-refractivity contribution in [3.05, 3.63) is 52.9 Å². The van der Waals surface area contributed by atoms with Gasteiger partial charge in [0.1, 0.15) is 11.6 Å². The first-order valence-electron chi connectivity index (χ1n) is 5.49.